The lowest BCUT2D eigenvalue weighted by Gasteiger charge is -2.31. The number of hydrogen-bond donors (Lipinski definition) is 0. The molecule has 3 heterocycles. The van der Waals surface area contributed by atoms with Crippen LogP contribution in [0.3, 0.4) is 0 Å². The van der Waals surface area contributed by atoms with Gasteiger partial charge in [0.05, 0.1) is 12.5 Å². The second kappa shape index (κ2) is 5.90. The van der Waals surface area contributed by atoms with Gasteiger partial charge in [0.2, 0.25) is 17.6 Å². The maximum Gasteiger partial charge on any atom is 0.230 e. The van der Waals surface area contributed by atoms with Crippen molar-refractivity contribution in [2.24, 2.45) is 13.0 Å². The zero-order valence-corrected chi connectivity index (χ0v) is 13.2. The van der Waals surface area contributed by atoms with Gasteiger partial charge in [0.1, 0.15) is 5.69 Å². The van der Waals surface area contributed by atoms with Gasteiger partial charge in [-0.15, -0.1) is 0 Å². The second-order valence-electron chi connectivity index (χ2n) is 6.10. The third kappa shape index (κ3) is 2.75. The quantitative estimate of drug-likeness (QED) is 0.864. The molecule has 7 nitrogen and oxygen atoms in total. The van der Waals surface area contributed by atoms with Crippen LogP contribution in [0.1, 0.15) is 38.5 Å². The molecular formula is C15H21N5O2. The van der Waals surface area contributed by atoms with E-state index in [9.17, 15) is 4.79 Å². The zero-order chi connectivity index (χ0) is 15.7. The van der Waals surface area contributed by atoms with Crippen molar-refractivity contribution < 1.29 is 9.32 Å². The van der Waals surface area contributed by atoms with Gasteiger partial charge in [0.25, 0.3) is 0 Å². The molecule has 1 amide bonds. The average molecular weight is 303 g/mol. The summed E-state index contributed by atoms with van der Waals surface area (Å²) in [6.07, 6.45) is 5.16. The molecule has 0 saturated carbocycles. The molecule has 1 aliphatic rings. The monoisotopic (exact) mass is 303 g/mol. The Hall–Kier alpha value is -2.18. The maximum atomic E-state index is 12.0. The number of imidazole rings is 1. The summed E-state index contributed by atoms with van der Waals surface area (Å²) in [7, 11) is 1.90. The molecule has 22 heavy (non-hydrogen) atoms. The first-order chi connectivity index (χ1) is 10.6. The van der Waals surface area contributed by atoms with E-state index >= 15 is 0 Å². The molecule has 118 valence electrons. The molecule has 3 rings (SSSR count). The van der Waals surface area contributed by atoms with Crippen LogP contribution in [-0.4, -0.2) is 43.6 Å². The summed E-state index contributed by atoms with van der Waals surface area (Å²) in [6.45, 7) is 5.38. The molecule has 1 saturated heterocycles. The zero-order valence-electron chi connectivity index (χ0n) is 13.2. The topological polar surface area (TPSA) is 77.1 Å². The SMILES string of the molecule is CC(C)C(=O)N1CCC(c2nc(-c3cncn3C)no2)CC1. The van der Waals surface area contributed by atoms with E-state index in [2.05, 4.69) is 15.1 Å². The van der Waals surface area contributed by atoms with Crippen LogP contribution in [0.4, 0.5) is 0 Å². The predicted octanol–water partition coefficient (Wildman–Crippen LogP) is 1.83. The van der Waals surface area contributed by atoms with Gasteiger partial charge in [-0.25, -0.2) is 4.98 Å². The Kier molecular flexibility index (Phi) is 3.96. The lowest BCUT2D eigenvalue weighted by molar-refractivity contribution is -0.135. The smallest absolute Gasteiger partial charge is 0.230 e. The summed E-state index contributed by atoms with van der Waals surface area (Å²) >= 11 is 0. The van der Waals surface area contributed by atoms with Crippen molar-refractivity contribution in [2.75, 3.05) is 13.1 Å². The van der Waals surface area contributed by atoms with E-state index in [1.807, 2.05) is 30.4 Å². The van der Waals surface area contributed by atoms with E-state index in [1.54, 1.807) is 12.5 Å². The van der Waals surface area contributed by atoms with E-state index in [4.69, 9.17) is 4.52 Å². The van der Waals surface area contributed by atoms with Crippen molar-refractivity contribution in [2.45, 2.75) is 32.6 Å². The Bertz CT molecular complexity index is 652. The summed E-state index contributed by atoms with van der Waals surface area (Å²) in [5, 5.41) is 4.05. The number of aryl methyl sites for hydroxylation is 1. The normalized spacial score (nSPS) is 16.5. The first-order valence-electron chi connectivity index (χ1n) is 7.65. The fourth-order valence-corrected chi connectivity index (χ4v) is 2.79. The number of likely N-dealkylation sites (tertiary alicyclic amines) is 1. The van der Waals surface area contributed by atoms with Crippen LogP contribution >= 0.6 is 0 Å². The first-order valence-corrected chi connectivity index (χ1v) is 7.65. The highest BCUT2D eigenvalue weighted by Crippen LogP contribution is 2.28. The molecule has 0 aromatic carbocycles. The molecule has 2 aromatic heterocycles. The molecule has 1 fully saturated rings. The lowest BCUT2D eigenvalue weighted by atomic mass is 9.96. The van der Waals surface area contributed by atoms with Crippen LogP contribution in [0.2, 0.25) is 0 Å². The van der Waals surface area contributed by atoms with Crippen LogP contribution in [0.15, 0.2) is 17.0 Å². The van der Waals surface area contributed by atoms with Gasteiger partial charge in [0, 0.05) is 32.0 Å². The minimum Gasteiger partial charge on any atom is -0.342 e. The number of hydrogen-bond acceptors (Lipinski definition) is 5. The van der Waals surface area contributed by atoms with Crippen LogP contribution in [0, 0.1) is 5.92 Å². The van der Waals surface area contributed by atoms with Crippen molar-refractivity contribution in [1.82, 2.24) is 24.6 Å². The summed E-state index contributed by atoms with van der Waals surface area (Å²) < 4.78 is 7.28. The molecule has 0 aliphatic carbocycles. The van der Waals surface area contributed by atoms with Crippen molar-refractivity contribution in [1.29, 1.82) is 0 Å². The van der Waals surface area contributed by atoms with E-state index < -0.39 is 0 Å². The Labute approximate surface area is 129 Å². The number of aromatic nitrogens is 4. The minimum atomic E-state index is 0.0522. The number of rotatable bonds is 3. The highest BCUT2D eigenvalue weighted by molar-refractivity contribution is 5.78. The largest absolute Gasteiger partial charge is 0.342 e. The molecule has 0 unspecified atom stereocenters. The Morgan fingerprint density at radius 1 is 1.36 bits per heavy atom. The van der Waals surface area contributed by atoms with Gasteiger partial charge in [-0.3, -0.25) is 4.79 Å². The second-order valence-corrected chi connectivity index (χ2v) is 6.10. The highest BCUT2D eigenvalue weighted by Gasteiger charge is 2.28. The van der Waals surface area contributed by atoms with E-state index in [0.717, 1.165) is 31.6 Å². The highest BCUT2D eigenvalue weighted by atomic mass is 16.5. The Morgan fingerprint density at radius 2 is 2.09 bits per heavy atom. The van der Waals surface area contributed by atoms with Gasteiger partial charge in [-0.05, 0) is 12.8 Å². The third-order valence-corrected chi connectivity index (χ3v) is 4.14. The standard InChI is InChI=1S/C15H21N5O2/c1-10(2)15(21)20-6-4-11(5-7-20)14-17-13(18-22-14)12-8-16-9-19(12)3/h8-11H,4-7H2,1-3H3. The minimum absolute atomic E-state index is 0.0522. The lowest BCUT2D eigenvalue weighted by Crippen LogP contribution is -2.40. The van der Waals surface area contributed by atoms with Gasteiger partial charge >= 0.3 is 0 Å². The van der Waals surface area contributed by atoms with Gasteiger partial charge in [-0.2, -0.15) is 4.98 Å². The number of carbonyl (C=O) groups is 1. The number of piperidine rings is 1. The van der Waals surface area contributed by atoms with Crippen molar-refractivity contribution >= 4 is 5.91 Å². The van der Waals surface area contributed by atoms with Crippen molar-refractivity contribution in [3.63, 3.8) is 0 Å². The third-order valence-electron chi connectivity index (χ3n) is 4.14. The number of nitrogens with zero attached hydrogens (tertiary/aromatic N) is 5. The van der Waals surface area contributed by atoms with E-state index in [1.165, 1.54) is 0 Å². The summed E-state index contributed by atoms with van der Waals surface area (Å²) in [6, 6.07) is 0. The maximum absolute atomic E-state index is 12.0. The number of carbonyl (C=O) groups excluding carboxylic acids is 1. The first kappa shape index (κ1) is 14.7. The van der Waals surface area contributed by atoms with E-state index in [0.29, 0.717) is 11.7 Å². The molecule has 0 N–H and O–H groups in total. The number of amides is 1. The van der Waals surface area contributed by atoms with Crippen LogP contribution in [0.25, 0.3) is 11.5 Å². The summed E-state index contributed by atoms with van der Waals surface area (Å²) in [5.41, 5.74) is 0.836. The van der Waals surface area contributed by atoms with Gasteiger partial charge < -0.3 is 14.0 Å². The molecule has 0 atom stereocenters. The molecule has 0 radical (unpaired) electrons. The van der Waals surface area contributed by atoms with Crippen LogP contribution in [0.5, 0.6) is 0 Å². The van der Waals surface area contributed by atoms with Gasteiger partial charge in [0.15, 0.2) is 0 Å². The molecule has 0 bridgehead atoms. The Balaban J connectivity index is 1.66. The molecular weight excluding hydrogens is 282 g/mol. The predicted molar refractivity (Wildman–Crippen MR) is 79.9 cm³/mol. The molecule has 0 spiro atoms. The van der Waals surface area contributed by atoms with Crippen LogP contribution < -0.4 is 0 Å². The van der Waals surface area contributed by atoms with Crippen molar-refractivity contribution in [3.8, 4) is 11.5 Å². The van der Waals surface area contributed by atoms with Crippen LogP contribution in [-0.2, 0) is 11.8 Å². The summed E-state index contributed by atoms with van der Waals surface area (Å²) in [5.74, 6) is 1.73. The van der Waals surface area contributed by atoms with Crippen molar-refractivity contribution in [3.05, 3.63) is 18.4 Å². The molecule has 7 heteroatoms. The fourth-order valence-electron chi connectivity index (χ4n) is 2.79. The summed E-state index contributed by atoms with van der Waals surface area (Å²) in [4.78, 5) is 22.5. The van der Waals surface area contributed by atoms with Gasteiger partial charge in [-0.1, -0.05) is 19.0 Å². The molecule has 1 aliphatic heterocycles. The molecule has 2 aromatic rings. The fraction of sp³-hybridized carbons (Fsp3) is 0.600. The average Bonchev–Trinajstić information content (AvgIpc) is 3.15. The Morgan fingerprint density at radius 3 is 2.68 bits per heavy atom. The van der Waals surface area contributed by atoms with E-state index in [-0.39, 0.29) is 17.7 Å².